The van der Waals surface area contributed by atoms with Crippen molar-refractivity contribution in [1.29, 1.82) is 0 Å². The molecule has 9 aliphatic heterocycles. The van der Waals surface area contributed by atoms with E-state index in [1.165, 1.54) is 0 Å². The number of ether oxygens (including phenoxy) is 4. The number of hydrogen-bond acceptors (Lipinski definition) is 16. The van der Waals surface area contributed by atoms with E-state index in [0.717, 1.165) is 6.42 Å². The molecular formula is C35H60N10O12. The molecule has 0 spiro atoms. The highest BCUT2D eigenvalue weighted by Gasteiger charge is 2.73. The number of likely N-dealkylation sites (N-methyl/N-ethyl adjacent to an activating group) is 2. The van der Waals surface area contributed by atoms with Crippen LogP contribution in [0.2, 0.25) is 0 Å². The van der Waals surface area contributed by atoms with E-state index in [9.17, 15) is 19.2 Å². The van der Waals surface area contributed by atoms with Gasteiger partial charge in [0.2, 0.25) is 23.6 Å². The summed E-state index contributed by atoms with van der Waals surface area (Å²) in [5.41, 5.74) is 0. The van der Waals surface area contributed by atoms with E-state index in [-0.39, 0.29) is 110 Å². The largest absolute Gasteiger partial charge is 0.483 e. The Labute approximate surface area is 333 Å². The minimum atomic E-state index is -0.288. The average molecular weight is 813 g/mol. The number of amides is 4. The van der Waals surface area contributed by atoms with Crippen LogP contribution in [-0.2, 0) is 47.7 Å². The maximum Gasteiger partial charge on any atom is 0.290 e. The van der Waals surface area contributed by atoms with E-state index in [4.69, 9.17) is 38.7 Å². The molecule has 12 atom stereocenters. The van der Waals surface area contributed by atoms with Gasteiger partial charge in [-0.25, -0.2) is 9.80 Å². The van der Waals surface area contributed by atoms with Crippen LogP contribution in [0.4, 0.5) is 0 Å². The van der Waals surface area contributed by atoms with Crippen molar-refractivity contribution in [2.45, 2.75) is 115 Å². The first kappa shape index (κ1) is 44.5. The van der Waals surface area contributed by atoms with Gasteiger partial charge in [0.05, 0.1) is 12.1 Å². The second-order valence-corrected chi connectivity index (χ2v) is 15.5. The highest BCUT2D eigenvalue weighted by molar-refractivity contribution is 5.78. The first-order valence-corrected chi connectivity index (χ1v) is 18.9. The molecule has 4 amide bonds. The summed E-state index contributed by atoms with van der Waals surface area (Å²) >= 11 is 0. The molecule has 10 fully saturated rings. The molecule has 0 aromatic heterocycles. The maximum atomic E-state index is 12.7. The molecule has 1 aliphatic carbocycles. The van der Waals surface area contributed by atoms with Gasteiger partial charge in [-0.2, -0.15) is 0 Å². The molecule has 12 bridgehead atoms. The van der Waals surface area contributed by atoms with Gasteiger partial charge in [-0.1, -0.05) is 6.92 Å². The number of nitrogens with zero attached hydrogens (tertiary/aromatic N) is 10. The number of carboxylic acid groups (broad SMARTS) is 2. The van der Waals surface area contributed by atoms with Crippen LogP contribution in [0.5, 0.6) is 0 Å². The van der Waals surface area contributed by atoms with Crippen molar-refractivity contribution < 1.29 is 57.9 Å². The molecule has 22 heteroatoms. The van der Waals surface area contributed by atoms with E-state index in [0.29, 0.717) is 32.8 Å². The Balaban J connectivity index is 0.000000192. The van der Waals surface area contributed by atoms with Gasteiger partial charge in [-0.15, -0.1) is 0 Å². The summed E-state index contributed by atoms with van der Waals surface area (Å²) in [6, 6.07) is 0.804. The Kier molecular flexibility index (Phi) is 13.8. The van der Waals surface area contributed by atoms with E-state index in [1.54, 1.807) is 56.1 Å². The lowest BCUT2D eigenvalue weighted by Gasteiger charge is -2.52. The Morgan fingerprint density at radius 1 is 0.509 bits per heavy atom. The van der Waals surface area contributed by atoms with Crippen molar-refractivity contribution in [3.05, 3.63) is 0 Å². The highest BCUT2D eigenvalue weighted by Crippen LogP contribution is 2.54. The number of hydrogen-bond donors (Lipinski definition) is 2. The lowest BCUT2D eigenvalue weighted by atomic mass is 9.75. The van der Waals surface area contributed by atoms with Crippen molar-refractivity contribution in [3.8, 4) is 0 Å². The lowest BCUT2D eigenvalue weighted by Crippen LogP contribution is -2.72. The van der Waals surface area contributed by atoms with Crippen LogP contribution in [0.15, 0.2) is 0 Å². The Hall–Kier alpha value is -3.58. The monoisotopic (exact) mass is 812 g/mol. The zero-order valence-corrected chi connectivity index (χ0v) is 34.6. The summed E-state index contributed by atoms with van der Waals surface area (Å²) in [7, 11) is 10.7. The van der Waals surface area contributed by atoms with Crippen molar-refractivity contribution in [2.24, 2.45) is 5.92 Å². The molecule has 9 saturated heterocycles. The maximum absolute atomic E-state index is 12.7. The van der Waals surface area contributed by atoms with Gasteiger partial charge >= 0.3 is 0 Å². The fourth-order valence-electron chi connectivity index (χ4n) is 11.8. The van der Waals surface area contributed by atoms with Gasteiger partial charge in [-0.05, 0) is 26.4 Å². The van der Waals surface area contributed by atoms with Crippen molar-refractivity contribution >= 4 is 36.6 Å². The lowest BCUT2D eigenvalue weighted by molar-refractivity contribution is -0.164. The van der Waals surface area contributed by atoms with Crippen LogP contribution in [0.3, 0.4) is 0 Å². The third kappa shape index (κ3) is 6.76. The van der Waals surface area contributed by atoms with E-state index in [2.05, 4.69) is 43.4 Å². The summed E-state index contributed by atoms with van der Waals surface area (Å²) in [4.78, 5) is 88.3. The minimum absolute atomic E-state index is 0.00396. The molecule has 0 aromatic rings. The van der Waals surface area contributed by atoms with Crippen LogP contribution >= 0.6 is 0 Å². The summed E-state index contributed by atoms with van der Waals surface area (Å²) in [5.74, 6) is 0.442. The molecular weight excluding hydrogens is 752 g/mol. The van der Waals surface area contributed by atoms with Crippen molar-refractivity contribution in [2.75, 3.05) is 69.5 Å². The molecule has 1 saturated carbocycles. The predicted octanol–water partition coefficient (Wildman–Crippen LogP) is -2.53. The quantitative estimate of drug-likeness (QED) is 0.242. The third-order valence-corrected chi connectivity index (χ3v) is 12.9. The SMILES string of the molecule is COCN1C2C(C)C3C4CC2N(C(C)=O)C1C(N3COC)N4C(C)=O.COCN1C2C3N(C)C4C(N2C)N(COC)C(C1N3C(C)=O)N4C(C)=O.O=CO.O=CO. The van der Waals surface area contributed by atoms with Crippen molar-refractivity contribution in [1.82, 2.24) is 49.0 Å². The predicted molar refractivity (Wildman–Crippen MR) is 197 cm³/mol. The van der Waals surface area contributed by atoms with Crippen LogP contribution in [0.1, 0.15) is 41.0 Å². The van der Waals surface area contributed by atoms with Gasteiger partial charge in [0, 0.05) is 68.2 Å². The molecule has 12 unspecified atom stereocenters. The zero-order valence-electron chi connectivity index (χ0n) is 34.6. The molecule has 57 heavy (non-hydrogen) atoms. The Morgan fingerprint density at radius 2 is 0.772 bits per heavy atom. The Bertz CT molecular complexity index is 1410. The standard InChI is InChI=1S/C17H28N4O4.C16H28N6O4.2CH2O2/c1-9-14-12-6-13-15(9)19(8-25-5)17(21(13)11(3)23)16(18(14)7-24-4)20(12)10(2)22;1-9(23)21-13-11-17(3)12-14(18(13)4)22(10(2)24)16(20(12)8-26-6)15(21)19(11)7-25-5;2*2-1-3/h9,12-17H,6-8H2,1-5H3;11-16H,7-8H2,1-6H3;2*1H,(H,2,3). The molecule has 22 nitrogen and oxygen atoms in total. The third-order valence-electron chi connectivity index (χ3n) is 12.9. The van der Waals surface area contributed by atoms with Crippen molar-refractivity contribution in [3.63, 3.8) is 0 Å². The van der Waals surface area contributed by atoms with Gasteiger partial charge in [0.1, 0.15) is 76.2 Å². The van der Waals surface area contributed by atoms with Crippen LogP contribution < -0.4 is 0 Å². The average Bonchev–Trinajstić information content (AvgIpc) is 3.78. The molecule has 10 aliphatic rings. The first-order chi connectivity index (χ1) is 27.1. The second kappa shape index (κ2) is 17.7. The normalized spacial score (nSPS) is 37.4. The van der Waals surface area contributed by atoms with Crippen LogP contribution in [-0.4, -0.2) is 239 Å². The van der Waals surface area contributed by atoms with E-state index >= 15 is 0 Å². The first-order valence-electron chi connectivity index (χ1n) is 18.9. The highest BCUT2D eigenvalue weighted by atomic mass is 16.5. The number of piperazine rings is 1. The topological polar surface area (TPSA) is 212 Å². The molecule has 10 rings (SSSR count). The summed E-state index contributed by atoms with van der Waals surface area (Å²) < 4.78 is 22.0. The van der Waals surface area contributed by atoms with E-state index in [1.807, 2.05) is 26.6 Å². The van der Waals surface area contributed by atoms with Gasteiger partial charge in [-0.3, -0.25) is 48.4 Å². The number of rotatable bonds is 8. The smallest absolute Gasteiger partial charge is 0.290 e. The fourth-order valence-corrected chi connectivity index (χ4v) is 11.8. The summed E-state index contributed by atoms with van der Waals surface area (Å²) in [6.45, 7) is 9.88. The molecule has 9 heterocycles. The van der Waals surface area contributed by atoms with Gasteiger partial charge in [0.25, 0.3) is 12.9 Å². The molecule has 322 valence electrons. The summed E-state index contributed by atoms with van der Waals surface area (Å²) in [6.07, 6.45) is -0.398. The van der Waals surface area contributed by atoms with Gasteiger partial charge in [0.15, 0.2) is 0 Å². The minimum Gasteiger partial charge on any atom is -0.483 e. The molecule has 0 radical (unpaired) electrons. The molecule has 2 N–H and O–H groups in total. The number of methoxy groups -OCH3 is 4. The van der Waals surface area contributed by atoms with Gasteiger partial charge < -0.3 is 48.8 Å². The second-order valence-electron chi connectivity index (χ2n) is 15.5. The number of carbonyl (C=O) groups is 6. The van der Waals surface area contributed by atoms with E-state index < -0.39 is 0 Å². The molecule has 0 aromatic carbocycles. The number of carbonyl (C=O) groups excluding carboxylic acids is 4. The van der Waals surface area contributed by atoms with Crippen LogP contribution in [0, 0.1) is 5.92 Å². The zero-order chi connectivity index (χ0) is 42.4. The summed E-state index contributed by atoms with van der Waals surface area (Å²) in [5, 5.41) is 13.8. The van der Waals surface area contributed by atoms with Crippen LogP contribution in [0.25, 0.3) is 0 Å². The fraction of sp³-hybridized carbons (Fsp3) is 0.829. The Morgan fingerprint density at radius 3 is 1.05 bits per heavy atom.